The first-order chi connectivity index (χ1) is 6.52. The van der Waals surface area contributed by atoms with Gasteiger partial charge < -0.3 is 10.6 Å². The molecule has 0 atom stereocenters. The molecule has 0 bridgehead atoms. The lowest BCUT2D eigenvalue weighted by Gasteiger charge is -2.07. The average Bonchev–Trinajstić information content (AvgIpc) is 2.02. The first kappa shape index (κ1) is 13.2. The van der Waals surface area contributed by atoms with Crippen molar-refractivity contribution in [1.82, 2.24) is 10.6 Å². The van der Waals surface area contributed by atoms with Crippen LogP contribution in [0.5, 0.6) is 0 Å². The summed E-state index contributed by atoms with van der Waals surface area (Å²) in [6.07, 6.45) is 2.56. The van der Waals surface area contributed by atoms with Gasteiger partial charge in [-0.15, -0.1) is 0 Å². The van der Waals surface area contributed by atoms with Gasteiger partial charge in [0, 0.05) is 25.6 Å². The Kier molecular flexibility index (Phi) is 7.11. The minimum absolute atomic E-state index is 0.107. The zero-order chi connectivity index (χ0) is 11.0. The number of hydrogen-bond donors (Lipinski definition) is 2. The highest BCUT2D eigenvalue weighted by atomic mass is 16.1. The zero-order valence-electron chi connectivity index (χ0n) is 9.68. The highest BCUT2D eigenvalue weighted by Crippen LogP contribution is 1.86. The van der Waals surface area contributed by atoms with Crippen molar-refractivity contribution in [2.75, 3.05) is 13.1 Å². The molecule has 0 aliphatic carbocycles. The molecular formula is C11H22N2O. The summed E-state index contributed by atoms with van der Waals surface area (Å²) in [5.74, 6) is 0.107. The standard InChI is InChI=1S/C11H22N2O/c1-9(2)5-7-13-11(14)6-8-12-10(3)4/h5,10,12H,6-8H2,1-4H3,(H,13,14). The van der Waals surface area contributed by atoms with Gasteiger partial charge in [0.2, 0.25) is 5.91 Å². The Labute approximate surface area is 87.0 Å². The number of allylic oxidation sites excluding steroid dienone is 1. The maximum atomic E-state index is 11.2. The third-order valence-corrected chi connectivity index (χ3v) is 1.71. The molecule has 2 N–H and O–H groups in total. The highest BCUT2D eigenvalue weighted by molar-refractivity contribution is 5.76. The monoisotopic (exact) mass is 198 g/mol. The lowest BCUT2D eigenvalue weighted by molar-refractivity contribution is -0.120. The molecule has 0 radical (unpaired) electrons. The van der Waals surface area contributed by atoms with Gasteiger partial charge in [-0.1, -0.05) is 25.5 Å². The predicted molar refractivity (Wildman–Crippen MR) is 60.2 cm³/mol. The quantitative estimate of drug-likeness (QED) is 0.634. The minimum atomic E-state index is 0.107. The Morgan fingerprint density at radius 1 is 1.36 bits per heavy atom. The van der Waals surface area contributed by atoms with E-state index in [9.17, 15) is 4.79 Å². The maximum Gasteiger partial charge on any atom is 0.221 e. The first-order valence-corrected chi connectivity index (χ1v) is 5.16. The van der Waals surface area contributed by atoms with Crippen molar-refractivity contribution in [3.63, 3.8) is 0 Å². The molecule has 0 aromatic heterocycles. The molecule has 0 heterocycles. The van der Waals surface area contributed by atoms with Crippen LogP contribution in [0.3, 0.4) is 0 Å². The van der Waals surface area contributed by atoms with Crippen molar-refractivity contribution >= 4 is 5.91 Å². The van der Waals surface area contributed by atoms with Crippen LogP contribution in [0.1, 0.15) is 34.1 Å². The number of rotatable bonds is 6. The summed E-state index contributed by atoms with van der Waals surface area (Å²) in [4.78, 5) is 11.2. The Hall–Kier alpha value is -0.830. The number of nitrogens with one attached hydrogen (secondary N) is 2. The molecule has 82 valence electrons. The Morgan fingerprint density at radius 3 is 2.50 bits per heavy atom. The Morgan fingerprint density at radius 2 is 2.00 bits per heavy atom. The SMILES string of the molecule is CC(C)=CCNC(=O)CCNC(C)C. The molecule has 3 heteroatoms. The summed E-state index contributed by atoms with van der Waals surface area (Å²) in [6, 6.07) is 0.445. The third-order valence-electron chi connectivity index (χ3n) is 1.71. The zero-order valence-corrected chi connectivity index (χ0v) is 9.68. The molecule has 0 saturated heterocycles. The van der Waals surface area contributed by atoms with Gasteiger partial charge in [-0.3, -0.25) is 4.79 Å². The van der Waals surface area contributed by atoms with E-state index < -0.39 is 0 Å². The molecule has 0 spiro atoms. The van der Waals surface area contributed by atoms with E-state index in [0.717, 1.165) is 6.54 Å². The van der Waals surface area contributed by atoms with Gasteiger partial charge in [0.05, 0.1) is 0 Å². The van der Waals surface area contributed by atoms with Gasteiger partial charge >= 0.3 is 0 Å². The molecule has 14 heavy (non-hydrogen) atoms. The molecule has 0 fully saturated rings. The van der Waals surface area contributed by atoms with E-state index >= 15 is 0 Å². The second kappa shape index (κ2) is 7.56. The topological polar surface area (TPSA) is 41.1 Å². The molecule has 0 aliphatic heterocycles. The summed E-state index contributed by atoms with van der Waals surface area (Å²) < 4.78 is 0. The van der Waals surface area contributed by atoms with Gasteiger partial charge in [0.1, 0.15) is 0 Å². The van der Waals surface area contributed by atoms with Crippen LogP contribution in [0.4, 0.5) is 0 Å². The third kappa shape index (κ3) is 9.26. The van der Waals surface area contributed by atoms with Crippen molar-refractivity contribution in [2.45, 2.75) is 40.2 Å². The molecule has 0 rings (SSSR count). The molecule has 0 saturated carbocycles. The molecular weight excluding hydrogens is 176 g/mol. The van der Waals surface area contributed by atoms with Crippen LogP contribution in [-0.4, -0.2) is 25.0 Å². The molecule has 0 aromatic carbocycles. The van der Waals surface area contributed by atoms with Crippen molar-refractivity contribution in [2.24, 2.45) is 0 Å². The number of hydrogen-bond acceptors (Lipinski definition) is 2. The number of amides is 1. The fourth-order valence-electron chi connectivity index (χ4n) is 0.932. The Bertz CT molecular complexity index is 193. The molecule has 3 nitrogen and oxygen atoms in total. The second-order valence-corrected chi connectivity index (χ2v) is 3.94. The lowest BCUT2D eigenvalue weighted by Crippen LogP contribution is -2.30. The van der Waals surface area contributed by atoms with Gasteiger partial charge in [-0.2, -0.15) is 0 Å². The van der Waals surface area contributed by atoms with Gasteiger partial charge in [0.15, 0.2) is 0 Å². The van der Waals surface area contributed by atoms with E-state index in [1.807, 2.05) is 19.9 Å². The molecule has 0 aliphatic rings. The van der Waals surface area contributed by atoms with Crippen LogP contribution >= 0.6 is 0 Å². The van der Waals surface area contributed by atoms with Gasteiger partial charge in [-0.25, -0.2) is 0 Å². The largest absolute Gasteiger partial charge is 0.353 e. The van der Waals surface area contributed by atoms with E-state index in [4.69, 9.17) is 0 Å². The normalized spacial score (nSPS) is 10.1. The minimum Gasteiger partial charge on any atom is -0.353 e. The van der Waals surface area contributed by atoms with Crippen LogP contribution in [-0.2, 0) is 4.79 Å². The van der Waals surface area contributed by atoms with Crippen molar-refractivity contribution in [1.29, 1.82) is 0 Å². The molecule has 1 amide bonds. The molecule has 0 unspecified atom stereocenters. The van der Waals surface area contributed by atoms with Crippen LogP contribution in [0.25, 0.3) is 0 Å². The summed E-state index contributed by atoms with van der Waals surface area (Å²) in [6.45, 7) is 9.57. The van der Waals surface area contributed by atoms with Crippen LogP contribution in [0.2, 0.25) is 0 Å². The van der Waals surface area contributed by atoms with E-state index in [2.05, 4.69) is 24.5 Å². The van der Waals surface area contributed by atoms with Gasteiger partial charge in [-0.05, 0) is 13.8 Å². The van der Waals surface area contributed by atoms with E-state index in [1.165, 1.54) is 5.57 Å². The second-order valence-electron chi connectivity index (χ2n) is 3.94. The van der Waals surface area contributed by atoms with E-state index in [1.54, 1.807) is 0 Å². The predicted octanol–water partition coefficient (Wildman–Crippen LogP) is 1.46. The summed E-state index contributed by atoms with van der Waals surface area (Å²) in [7, 11) is 0. The number of carbonyl (C=O) groups excluding carboxylic acids is 1. The van der Waals surface area contributed by atoms with Crippen LogP contribution in [0, 0.1) is 0 Å². The smallest absolute Gasteiger partial charge is 0.221 e. The lowest BCUT2D eigenvalue weighted by atomic mass is 10.3. The first-order valence-electron chi connectivity index (χ1n) is 5.16. The fourth-order valence-corrected chi connectivity index (χ4v) is 0.932. The maximum absolute atomic E-state index is 11.2. The fraction of sp³-hybridized carbons (Fsp3) is 0.727. The summed E-state index contributed by atoms with van der Waals surface area (Å²) in [5, 5.41) is 6.03. The Balaban J connectivity index is 3.42. The van der Waals surface area contributed by atoms with Crippen molar-refractivity contribution < 1.29 is 4.79 Å². The van der Waals surface area contributed by atoms with E-state index in [-0.39, 0.29) is 5.91 Å². The van der Waals surface area contributed by atoms with Crippen LogP contribution in [0.15, 0.2) is 11.6 Å². The van der Waals surface area contributed by atoms with Crippen molar-refractivity contribution in [3.05, 3.63) is 11.6 Å². The van der Waals surface area contributed by atoms with Gasteiger partial charge in [0.25, 0.3) is 0 Å². The molecule has 0 aromatic rings. The number of carbonyl (C=O) groups is 1. The van der Waals surface area contributed by atoms with Crippen molar-refractivity contribution in [3.8, 4) is 0 Å². The van der Waals surface area contributed by atoms with E-state index in [0.29, 0.717) is 19.0 Å². The summed E-state index contributed by atoms with van der Waals surface area (Å²) >= 11 is 0. The van der Waals surface area contributed by atoms with Crippen LogP contribution < -0.4 is 10.6 Å². The average molecular weight is 198 g/mol. The highest BCUT2D eigenvalue weighted by Gasteiger charge is 1.99. The summed E-state index contributed by atoms with van der Waals surface area (Å²) in [5.41, 5.74) is 1.23.